The van der Waals surface area contributed by atoms with Gasteiger partial charge in [-0.1, -0.05) is 35.8 Å². The largest absolute Gasteiger partial charge is 0.329 e. The summed E-state index contributed by atoms with van der Waals surface area (Å²) in [6.07, 6.45) is 1.50. The molecule has 0 spiro atoms. The molecule has 0 fully saturated rings. The molecule has 0 saturated heterocycles. The summed E-state index contributed by atoms with van der Waals surface area (Å²) in [5.74, 6) is 0.00287. The minimum Gasteiger partial charge on any atom is -0.329 e. The van der Waals surface area contributed by atoms with Crippen molar-refractivity contribution in [3.8, 4) is 0 Å². The first-order valence-corrected chi connectivity index (χ1v) is 6.64. The number of nitrogens with two attached hydrogens (primary N) is 1. The van der Waals surface area contributed by atoms with Crippen LogP contribution in [0.3, 0.4) is 0 Å². The molecule has 0 aliphatic heterocycles. The molecule has 0 aromatic heterocycles. The van der Waals surface area contributed by atoms with E-state index in [1.165, 1.54) is 0 Å². The van der Waals surface area contributed by atoms with Gasteiger partial charge < -0.3 is 11.1 Å². The molecule has 1 rings (SSSR count). The van der Waals surface area contributed by atoms with Crippen molar-refractivity contribution in [2.75, 3.05) is 11.9 Å². The van der Waals surface area contributed by atoms with Crippen LogP contribution in [0.4, 0.5) is 5.69 Å². The topological polar surface area (TPSA) is 55.1 Å². The van der Waals surface area contributed by atoms with E-state index in [0.29, 0.717) is 6.54 Å². The maximum Gasteiger partial charge on any atom is 0.231 e. The molecule has 0 bridgehead atoms. The van der Waals surface area contributed by atoms with Crippen LogP contribution in [0.1, 0.15) is 26.7 Å². The van der Waals surface area contributed by atoms with Crippen LogP contribution in [-0.4, -0.2) is 12.5 Å². The first-order valence-electron chi connectivity index (χ1n) is 5.85. The summed E-state index contributed by atoms with van der Waals surface area (Å²) < 4.78 is 0.946. The van der Waals surface area contributed by atoms with Crippen LogP contribution in [0, 0.1) is 5.41 Å². The summed E-state index contributed by atoms with van der Waals surface area (Å²) in [6, 6.07) is 7.56. The Labute approximate surface area is 123 Å². The molecule has 1 aromatic rings. The van der Waals surface area contributed by atoms with Crippen molar-refractivity contribution in [1.29, 1.82) is 0 Å². The molecule has 18 heavy (non-hydrogen) atoms. The van der Waals surface area contributed by atoms with Gasteiger partial charge in [0.15, 0.2) is 0 Å². The van der Waals surface area contributed by atoms with Gasteiger partial charge in [-0.2, -0.15) is 0 Å². The van der Waals surface area contributed by atoms with Crippen LogP contribution in [0.5, 0.6) is 0 Å². The molecule has 102 valence electrons. The lowest BCUT2D eigenvalue weighted by molar-refractivity contribution is -0.125. The van der Waals surface area contributed by atoms with E-state index in [0.717, 1.165) is 23.0 Å². The van der Waals surface area contributed by atoms with Crippen LogP contribution >= 0.6 is 28.3 Å². The summed E-state index contributed by atoms with van der Waals surface area (Å²) in [7, 11) is 0. The quantitative estimate of drug-likeness (QED) is 0.864. The Morgan fingerprint density at radius 3 is 2.44 bits per heavy atom. The van der Waals surface area contributed by atoms with Gasteiger partial charge in [0.05, 0.1) is 5.41 Å². The lowest BCUT2D eigenvalue weighted by Gasteiger charge is -2.28. The lowest BCUT2D eigenvalue weighted by Crippen LogP contribution is -2.41. The second-order valence-electron chi connectivity index (χ2n) is 4.16. The van der Waals surface area contributed by atoms with Gasteiger partial charge in [0.1, 0.15) is 0 Å². The van der Waals surface area contributed by atoms with Crippen LogP contribution in [0.2, 0.25) is 0 Å². The monoisotopic (exact) mass is 334 g/mol. The van der Waals surface area contributed by atoms with E-state index in [9.17, 15) is 4.79 Å². The van der Waals surface area contributed by atoms with E-state index < -0.39 is 5.41 Å². The van der Waals surface area contributed by atoms with Crippen molar-refractivity contribution < 1.29 is 4.79 Å². The molecule has 1 aromatic carbocycles. The molecular formula is C13H20BrClN2O. The number of carbonyl (C=O) groups excluding carboxylic acids is 1. The number of anilines is 1. The van der Waals surface area contributed by atoms with Crippen LogP contribution in [-0.2, 0) is 4.79 Å². The normalized spacial score (nSPS) is 10.7. The highest BCUT2D eigenvalue weighted by atomic mass is 79.9. The summed E-state index contributed by atoms with van der Waals surface area (Å²) >= 11 is 3.38. The van der Waals surface area contributed by atoms with Crippen LogP contribution in [0.15, 0.2) is 28.7 Å². The molecule has 3 nitrogen and oxygen atoms in total. The summed E-state index contributed by atoms with van der Waals surface area (Å²) in [4.78, 5) is 12.2. The van der Waals surface area contributed by atoms with Crippen LogP contribution in [0.25, 0.3) is 0 Å². The Morgan fingerprint density at radius 2 is 2.00 bits per heavy atom. The maximum absolute atomic E-state index is 12.2. The Bertz CT molecular complexity index is 386. The molecule has 1 amide bonds. The third-order valence-electron chi connectivity index (χ3n) is 3.31. The fourth-order valence-electron chi connectivity index (χ4n) is 1.78. The van der Waals surface area contributed by atoms with E-state index >= 15 is 0 Å². The second-order valence-corrected chi connectivity index (χ2v) is 5.07. The minimum absolute atomic E-state index is 0. The number of carbonyl (C=O) groups is 1. The Kier molecular flexibility index (Phi) is 7.52. The van der Waals surface area contributed by atoms with Crippen molar-refractivity contribution >= 4 is 39.9 Å². The highest BCUT2D eigenvalue weighted by molar-refractivity contribution is 9.10. The van der Waals surface area contributed by atoms with Gasteiger partial charge in [0, 0.05) is 16.7 Å². The lowest BCUT2D eigenvalue weighted by atomic mass is 9.81. The van der Waals surface area contributed by atoms with E-state index in [4.69, 9.17) is 5.73 Å². The SMILES string of the molecule is CCC(CC)(CN)C(=O)Nc1cccc(Br)c1.Cl. The average Bonchev–Trinajstić information content (AvgIpc) is 2.32. The Morgan fingerprint density at radius 1 is 1.39 bits per heavy atom. The third kappa shape index (κ3) is 3.97. The molecule has 0 unspecified atom stereocenters. The Balaban J connectivity index is 0.00000289. The van der Waals surface area contributed by atoms with E-state index in [-0.39, 0.29) is 18.3 Å². The standard InChI is InChI=1S/C13H19BrN2O.ClH/c1-3-13(4-2,9-15)12(17)16-11-7-5-6-10(14)8-11;/h5-8H,3-4,9,15H2,1-2H3,(H,16,17);1H. The molecule has 0 radical (unpaired) electrons. The van der Waals surface area contributed by atoms with Crippen molar-refractivity contribution in [2.24, 2.45) is 11.1 Å². The predicted octanol–water partition coefficient (Wildman–Crippen LogP) is 3.57. The average molecular weight is 336 g/mol. The van der Waals surface area contributed by atoms with Gasteiger partial charge >= 0.3 is 0 Å². The van der Waals surface area contributed by atoms with Crippen molar-refractivity contribution in [3.05, 3.63) is 28.7 Å². The smallest absolute Gasteiger partial charge is 0.231 e. The number of hydrogen-bond donors (Lipinski definition) is 2. The van der Waals surface area contributed by atoms with Crippen LogP contribution < -0.4 is 11.1 Å². The second kappa shape index (κ2) is 7.77. The molecule has 0 aliphatic rings. The fourth-order valence-corrected chi connectivity index (χ4v) is 2.18. The van der Waals surface area contributed by atoms with Gasteiger partial charge in [-0.25, -0.2) is 0 Å². The number of hydrogen-bond acceptors (Lipinski definition) is 2. The summed E-state index contributed by atoms with van der Waals surface area (Å²) in [5, 5.41) is 2.93. The minimum atomic E-state index is -0.456. The molecule has 0 heterocycles. The highest BCUT2D eigenvalue weighted by Crippen LogP contribution is 2.27. The van der Waals surface area contributed by atoms with Crippen molar-refractivity contribution in [1.82, 2.24) is 0 Å². The summed E-state index contributed by atoms with van der Waals surface area (Å²) in [6.45, 7) is 4.37. The molecule has 0 aliphatic carbocycles. The molecule has 5 heteroatoms. The number of rotatable bonds is 5. The van der Waals surface area contributed by atoms with E-state index in [1.807, 2.05) is 38.1 Å². The maximum atomic E-state index is 12.2. The van der Waals surface area contributed by atoms with E-state index in [2.05, 4.69) is 21.2 Å². The molecule has 0 saturated carbocycles. The number of halogens is 2. The van der Waals surface area contributed by atoms with Gasteiger partial charge in [-0.15, -0.1) is 12.4 Å². The zero-order valence-corrected chi connectivity index (χ0v) is 13.1. The molecular weight excluding hydrogens is 316 g/mol. The van der Waals surface area contributed by atoms with Crippen molar-refractivity contribution in [3.63, 3.8) is 0 Å². The third-order valence-corrected chi connectivity index (χ3v) is 3.80. The summed E-state index contributed by atoms with van der Waals surface area (Å²) in [5.41, 5.74) is 6.08. The zero-order chi connectivity index (χ0) is 12.9. The first-order chi connectivity index (χ1) is 8.07. The van der Waals surface area contributed by atoms with Crippen molar-refractivity contribution in [2.45, 2.75) is 26.7 Å². The number of nitrogens with one attached hydrogen (secondary N) is 1. The van der Waals surface area contributed by atoms with Gasteiger partial charge in [0.25, 0.3) is 0 Å². The molecule has 0 atom stereocenters. The predicted molar refractivity (Wildman–Crippen MR) is 82.1 cm³/mol. The van der Waals surface area contributed by atoms with E-state index in [1.54, 1.807) is 0 Å². The Hall–Kier alpha value is -0.580. The zero-order valence-electron chi connectivity index (χ0n) is 10.7. The molecule has 3 N–H and O–H groups in total. The van der Waals surface area contributed by atoms with Gasteiger partial charge in [-0.05, 0) is 31.0 Å². The van der Waals surface area contributed by atoms with Gasteiger partial charge in [-0.3, -0.25) is 4.79 Å². The fraction of sp³-hybridized carbons (Fsp3) is 0.462. The first kappa shape index (κ1) is 17.4. The number of benzene rings is 1. The number of amides is 1. The highest BCUT2D eigenvalue weighted by Gasteiger charge is 2.33. The van der Waals surface area contributed by atoms with Gasteiger partial charge in [0.2, 0.25) is 5.91 Å².